The average molecular weight is 232 g/mol. The van der Waals surface area contributed by atoms with Crippen LogP contribution in [0.25, 0.3) is 0 Å². The Hall–Kier alpha value is -1.61. The van der Waals surface area contributed by atoms with Crippen LogP contribution in [0.1, 0.15) is 41.8 Å². The van der Waals surface area contributed by atoms with E-state index in [1.807, 2.05) is 13.0 Å². The van der Waals surface area contributed by atoms with E-state index in [0.717, 1.165) is 12.8 Å². The summed E-state index contributed by atoms with van der Waals surface area (Å²) in [5.74, 6) is 0.593. The van der Waals surface area contributed by atoms with Crippen LogP contribution in [0.2, 0.25) is 0 Å². The zero-order valence-electron chi connectivity index (χ0n) is 10.1. The topological polar surface area (TPSA) is 46.5 Å². The number of hydrogen-bond donors (Lipinski definition) is 1. The second-order valence-electron chi connectivity index (χ2n) is 4.13. The number of benzene rings is 1. The molecule has 17 heavy (non-hydrogen) atoms. The predicted octanol–water partition coefficient (Wildman–Crippen LogP) is 2.65. The van der Waals surface area contributed by atoms with Crippen molar-refractivity contribution in [3.63, 3.8) is 0 Å². The van der Waals surface area contributed by atoms with E-state index in [-0.39, 0.29) is 5.78 Å². The standard InChI is InChI=1S/C14H16O3/c1-3-4-5-11-13(15)10-7-6-9(17-2)8-12(10)14(11)16/h5-8,14,16H,3-4H2,1-2H3/b11-5-/t14-/m0/s1. The highest BCUT2D eigenvalue weighted by atomic mass is 16.5. The van der Waals surface area contributed by atoms with Gasteiger partial charge in [-0.2, -0.15) is 0 Å². The first-order valence-electron chi connectivity index (χ1n) is 5.79. The van der Waals surface area contributed by atoms with Gasteiger partial charge in [0, 0.05) is 11.1 Å². The molecule has 1 aromatic carbocycles. The van der Waals surface area contributed by atoms with Gasteiger partial charge in [-0.05, 0) is 30.2 Å². The van der Waals surface area contributed by atoms with Crippen LogP contribution in [-0.2, 0) is 0 Å². The molecule has 90 valence electrons. The van der Waals surface area contributed by atoms with E-state index in [0.29, 0.717) is 22.4 Å². The number of aliphatic hydroxyl groups is 1. The Bertz CT molecular complexity index is 474. The van der Waals surface area contributed by atoms with Gasteiger partial charge in [-0.3, -0.25) is 4.79 Å². The zero-order chi connectivity index (χ0) is 12.4. The number of unbranched alkanes of at least 4 members (excludes halogenated alkanes) is 1. The molecule has 3 nitrogen and oxygen atoms in total. The number of aliphatic hydroxyl groups excluding tert-OH is 1. The van der Waals surface area contributed by atoms with Gasteiger partial charge in [-0.25, -0.2) is 0 Å². The quantitative estimate of drug-likeness (QED) is 0.815. The van der Waals surface area contributed by atoms with Crippen LogP contribution in [0.4, 0.5) is 0 Å². The summed E-state index contributed by atoms with van der Waals surface area (Å²) in [7, 11) is 1.57. The molecule has 2 rings (SSSR count). The molecule has 0 saturated carbocycles. The Labute approximate surface area is 101 Å². The van der Waals surface area contributed by atoms with Crippen molar-refractivity contribution in [2.45, 2.75) is 25.9 Å². The van der Waals surface area contributed by atoms with Crippen LogP contribution in [-0.4, -0.2) is 18.0 Å². The molecule has 1 N–H and O–H groups in total. The molecule has 1 aromatic rings. The fourth-order valence-corrected chi connectivity index (χ4v) is 2.05. The Morgan fingerprint density at radius 2 is 2.24 bits per heavy atom. The Morgan fingerprint density at radius 1 is 1.47 bits per heavy atom. The summed E-state index contributed by atoms with van der Waals surface area (Å²) < 4.78 is 5.10. The van der Waals surface area contributed by atoms with Crippen molar-refractivity contribution >= 4 is 5.78 Å². The van der Waals surface area contributed by atoms with Gasteiger partial charge in [-0.15, -0.1) is 0 Å². The minimum absolute atomic E-state index is 0.0661. The van der Waals surface area contributed by atoms with Crippen molar-refractivity contribution < 1.29 is 14.6 Å². The predicted molar refractivity (Wildman–Crippen MR) is 65.3 cm³/mol. The lowest BCUT2D eigenvalue weighted by molar-refractivity contribution is 0.101. The summed E-state index contributed by atoms with van der Waals surface area (Å²) in [6.45, 7) is 2.04. The van der Waals surface area contributed by atoms with Crippen LogP contribution < -0.4 is 4.74 Å². The van der Waals surface area contributed by atoms with Gasteiger partial charge >= 0.3 is 0 Å². The zero-order valence-corrected chi connectivity index (χ0v) is 10.1. The highest BCUT2D eigenvalue weighted by Crippen LogP contribution is 2.37. The largest absolute Gasteiger partial charge is 0.497 e. The minimum Gasteiger partial charge on any atom is -0.497 e. The molecule has 1 atom stereocenters. The first kappa shape index (κ1) is 11.9. The smallest absolute Gasteiger partial charge is 0.192 e. The molecule has 0 unspecified atom stereocenters. The number of carbonyl (C=O) groups is 1. The van der Waals surface area contributed by atoms with Crippen LogP contribution in [0, 0.1) is 0 Å². The van der Waals surface area contributed by atoms with Crippen molar-refractivity contribution in [1.82, 2.24) is 0 Å². The molecule has 0 saturated heterocycles. The fourth-order valence-electron chi connectivity index (χ4n) is 2.05. The molecule has 0 aliphatic heterocycles. The van der Waals surface area contributed by atoms with Gasteiger partial charge in [-0.1, -0.05) is 19.4 Å². The maximum Gasteiger partial charge on any atom is 0.192 e. The molecule has 3 heteroatoms. The average Bonchev–Trinajstić information content (AvgIpc) is 2.59. The Kier molecular flexibility index (Phi) is 3.29. The third kappa shape index (κ3) is 1.98. The number of methoxy groups -OCH3 is 1. The van der Waals surface area contributed by atoms with Crippen molar-refractivity contribution in [2.24, 2.45) is 0 Å². The number of fused-ring (bicyclic) bond motifs is 1. The first-order chi connectivity index (χ1) is 8.19. The lowest BCUT2D eigenvalue weighted by atomic mass is 10.1. The van der Waals surface area contributed by atoms with Crippen LogP contribution in [0.15, 0.2) is 29.8 Å². The first-order valence-corrected chi connectivity index (χ1v) is 5.79. The third-order valence-electron chi connectivity index (χ3n) is 3.01. The molecular formula is C14H16O3. The van der Waals surface area contributed by atoms with E-state index in [1.165, 1.54) is 0 Å². The molecule has 0 spiro atoms. The Morgan fingerprint density at radius 3 is 2.88 bits per heavy atom. The molecule has 0 aromatic heterocycles. The minimum atomic E-state index is -0.806. The van der Waals surface area contributed by atoms with Crippen molar-refractivity contribution in [3.05, 3.63) is 41.0 Å². The maximum atomic E-state index is 12.0. The van der Waals surface area contributed by atoms with Crippen molar-refractivity contribution in [3.8, 4) is 5.75 Å². The number of ketones is 1. The van der Waals surface area contributed by atoms with E-state index in [1.54, 1.807) is 25.3 Å². The molecule has 0 amide bonds. The van der Waals surface area contributed by atoms with E-state index < -0.39 is 6.10 Å². The fraction of sp³-hybridized carbons (Fsp3) is 0.357. The molecule has 0 bridgehead atoms. The second kappa shape index (κ2) is 4.72. The third-order valence-corrected chi connectivity index (χ3v) is 3.01. The number of ether oxygens (including phenoxy) is 1. The second-order valence-corrected chi connectivity index (χ2v) is 4.13. The van der Waals surface area contributed by atoms with E-state index in [4.69, 9.17) is 4.74 Å². The van der Waals surface area contributed by atoms with E-state index in [2.05, 4.69) is 0 Å². The number of carbonyl (C=O) groups excluding carboxylic acids is 1. The summed E-state index contributed by atoms with van der Waals surface area (Å²) in [6.07, 6.45) is 2.80. The number of rotatable bonds is 3. The van der Waals surface area contributed by atoms with Gasteiger partial charge in [0.25, 0.3) is 0 Å². The number of Topliss-reactive ketones (excluding diaryl/α,β-unsaturated/α-hetero) is 1. The van der Waals surface area contributed by atoms with Crippen LogP contribution in [0.5, 0.6) is 5.75 Å². The highest BCUT2D eigenvalue weighted by Gasteiger charge is 2.33. The van der Waals surface area contributed by atoms with E-state index >= 15 is 0 Å². The van der Waals surface area contributed by atoms with Gasteiger partial charge in [0.15, 0.2) is 5.78 Å². The van der Waals surface area contributed by atoms with Crippen molar-refractivity contribution in [2.75, 3.05) is 7.11 Å². The van der Waals surface area contributed by atoms with Crippen LogP contribution >= 0.6 is 0 Å². The number of hydrogen-bond acceptors (Lipinski definition) is 3. The normalized spacial score (nSPS) is 20.8. The van der Waals surface area contributed by atoms with Gasteiger partial charge in [0.2, 0.25) is 0 Å². The van der Waals surface area contributed by atoms with Crippen LogP contribution in [0.3, 0.4) is 0 Å². The summed E-state index contributed by atoms with van der Waals surface area (Å²) in [5, 5.41) is 10.1. The highest BCUT2D eigenvalue weighted by molar-refractivity contribution is 6.14. The van der Waals surface area contributed by atoms with Gasteiger partial charge in [0.1, 0.15) is 11.9 Å². The Balaban J connectivity index is 2.42. The molecule has 1 aliphatic rings. The number of allylic oxidation sites excluding steroid dienone is 1. The maximum absolute atomic E-state index is 12.0. The summed E-state index contributed by atoms with van der Waals surface area (Å²) >= 11 is 0. The SMILES string of the molecule is CCC/C=C1/C(=O)c2ccc(OC)cc2[C@H]1O. The lowest BCUT2D eigenvalue weighted by Crippen LogP contribution is -1.99. The summed E-state index contributed by atoms with van der Waals surface area (Å²) in [4.78, 5) is 12.0. The van der Waals surface area contributed by atoms with E-state index in [9.17, 15) is 9.90 Å². The molecule has 0 heterocycles. The summed E-state index contributed by atoms with van der Waals surface area (Å²) in [5.41, 5.74) is 1.73. The molecule has 0 radical (unpaired) electrons. The molecule has 0 fully saturated rings. The molecule has 1 aliphatic carbocycles. The van der Waals surface area contributed by atoms with Gasteiger partial charge in [0.05, 0.1) is 7.11 Å². The lowest BCUT2D eigenvalue weighted by Gasteiger charge is -2.06. The molecular weight excluding hydrogens is 216 g/mol. The summed E-state index contributed by atoms with van der Waals surface area (Å²) in [6, 6.07) is 5.18. The van der Waals surface area contributed by atoms with Crippen molar-refractivity contribution in [1.29, 1.82) is 0 Å². The monoisotopic (exact) mass is 232 g/mol. The van der Waals surface area contributed by atoms with Gasteiger partial charge < -0.3 is 9.84 Å².